The largest absolute Gasteiger partial charge is 0.380 e. The summed E-state index contributed by atoms with van der Waals surface area (Å²) in [6, 6.07) is 3.89. The van der Waals surface area contributed by atoms with E-state index in [2.05, 4.69) is 30.3 Å². The average Bonchev–Trinajstić information content (AvgIpc) is 2.95. The molecule has 2 aromatic rings. The van der Waals surface area contributed by atoms with E-state index in [0.717, 1.165) is 23.7 Å². The fourth-order valence-corrected chi connectivity index (χ4v) is 2.49. The first kappa shape index (κ1) is 13.3. The van der Waals surface area contributed by atoms with Crippen LogP contribution in [-0.2, 0) is 6.54 Å². The molecule has 0 radical (unpaired) electrons. The number of aliphatic hydroxyl groups excluding tert-OH is 1. The average molecular weight is 264 g/mol. The van der Waals surface area contributed by atoms with Crippen molar-refractivity contribution >= 4 is 11.3 Å². The molecule has 98 valence electrons. The van der Waals surface area contributed by atoms with Gasteiger partial charge in [0, 0.05) is 23.8 Å². The maximum atomic E-state index is 10.3. The lowest BCUT2D eigenvalue weighted by atomic mass is 9.92. The fourth-order valence-electron chi connectivity index (χ4n) is 1.79. The van der Waals surface area contributed by atoms with Crippen molar-refractivity contribution in [3.8, 4) is 0 Å². The Morgan fingerprint density at radius 3 is 2.83 bits per heavy atom. The third-order valence-electron chi connectivity index (χ3n) is 2.91. The van der Waals surface area contributed by atoms with Crippen LogP contribution in [0.3, 0.4) is 0 Å². The van der Waals surface area contributed by atoms with Crippen LogP contribution in [0.15, 0.2) is 29.9 Å². The van der Waals surface area contributed by atoms with Crippen LogP contribution in [0.25, 0.3) is 0 Å². The lowest BCUT2D eigenvalue weighted by Crippen LogP contribution is -2.14. The van der Waals surface area contributed by atoms with Gasteiger partial charge < -0.3 is 9.67 Å². The van der Waals surface area contributed by atoms with Crippen LogP contribution in [0.1, 0.15) is 44.0 Å². The molecule has 3 nitrogen and oxygen atoms in total. The van der Waals surface area contributed by atoms with Gasteiger partial charge in [0.1, 0.15) is 11.9 Å². The van der Waals surface area contributed by atoms with Crippen LogP contribution in [0.4, 0.5) is 0 Å². The smallest absolute Gasteiger partial charge is 0.146 e. The molecule has 0 unspecified atom stereocenters. The molecule has 2 aromatic heterocycles. The Balaban J connectivity index is 2.13. The summed E-state index contributed by atoms with van der Waals surface area (Å²) in [5.74, 6) is 0.738. The van der Waals surface area contributed by atoms with Gasteiger partial charge in [0.25, 0.3) is 0 Å². The molecule has 0 spiro atoms. The molecule has 0 aliphatic rings. The molecule has 0 aliphatic heterocycles. The van der Waals surface area contributed by atoms with Crippen molar-refractivity contribution in [1.82, 2.24) is 9.55 Å². The number of hydrogen-bond acceptors (Lipinski definition) is 3. The zero-order valence-electron chi connectivity index (χ0n) is 11.1. The van der Waals surface area contributed by atoms with Gasteiger partial charge in [0.2, 0.25) is 0 Å². The summed E-state index contributed by atoms with van der Waals surface area (Å²) >= 11 is 1.56. The SMILES string of the molecule is CC(C)(C)CCn1ccnc1[C@@H](O)c1cccs1. The zero-order chi connectivity index (χ0) is 13.2. The molecule has 0 aromatic carbocycles. The number of imidazole rings is 1. The Morgan fingerprint density at radius 2 is 2.22 bits per heavy atom. The minimum atomic E-state index is -0.611. The van der Waals surface area contributed by atoms with Crippen molar-refractivity contribution in [2.75, 3.05) is 0 Å². The van der Waals surface area contributed by atoms with Crippen LogP contribution in [-0.4, -0.2) is 14.7 Å². The standard InChI is InChI=1S/C14H20N2OS/c1-14(2,3)6-8-16-9-7-15-13(16)12(17)11-5-4-10-18-11/h4-5,7,9-10,12,17H,6,8H2,1-3H3/t12-/m0/s1. The molecule has 18 heavy (non-hydrogen) atoms. The first-order chi connectivity index (χ1) is 8.47. The zero-order valence-corrected chi connectivity index (χ0v) is 11.9. The maximum Gasteiger partial charge on any atom is 0.146 e. The van der Waals surface area contributed by atoms with Gasteiger partial charge in [-0.15, -0.1) is 11.3 Å². The molecule has 1 atom stereocenters. The van der Waals surface area contributed by atoms with E-state index in [1.165, 1.54) is 0 Å². The van der Waals surface area contributed by atoms with Crippen LogP contribution in [0.5, 0.6) is 0 Å². The molecule has 1 N–H and O–H groups in total. The van der Waals surface area contributed by atoms with Crippen molar-refractivity contribution in [2.45, 2.75) is 39.8 Å². The van der Waals surface area contributed by atoms with Gasteiger partial charge in [-0.3, -0.25) is 0 Å². The Labute approximate surface area is 112 Å². The van der Waals surface area contributed by atoms with Gasteiger partial charge in [0.15, 0.2) is 0 Å². The first-order valence-electron chi connectivity index (χ1n) is 6.20. The fraction of sp³-hybridized carbons (Fsp3) is 0.500. The van der Waals surface area contributed by atoms with Gasteiger partial charge in [-0.25, -0.2) is 4.98 Å². The predicted molar refractivity (Wildman–Crippen MR) is 74.7 cm³/mol. The summed E-state index contributed by atoms with van der Waals surface area (Å²) in [5.41, 5.74) is 0.287. The van der Waals surface area contributed by atoms with Gasteiger partial charge in [0.05, 0.1) is 0 Å². The number of rotatable bonds is 4. The molecule has 2 rings (SSSR count). The third-order valence-corrected chi connectivity index (χ3v) is 3.83. The maximum absolute atomic E-state index is 10.3. The second-order valence-electron chi connectivity index (χ2n) is 5.71. The first-order valence-corrected chi connectivity index (χ1v) is 7.08. The number of thiophene rings is 1. The Morgan fingerprint density at radius 1 is 1.44 bits per heavy atom. The minimum Gasteiger partial charge on any atom is -0.380 e. The Kier molecular flexibility index (Phi) is 3.88. The van der Waals surface area contributed by atoms with E-state index in [-0.39, 0.29) is 5.41 Å². The third kappa shape index (κ3) is 3.21. The van der Waals surface area contributed by atoms with E-state index in [1.807, 2.05) is 23.7 Å². The van der Waals surface area contributed by atoms with Gasteiger partial charge in [-0.05, 0) is 23.3 Å². The van der Waals surface area contributed by atoms with E-state index in [9.17, 15) is 5.11 Å². The highest BCUT2D eigenvalue weighted by atomic mass is 32.1. The summed E-state index contributed by atoms with van der Waals surface area (Å²) in [4.78, 5) is 5.24. The van der Waals surface area contributed by atoms with Crippen molar-refractivity contribution in [3.63, 3.8) is 0 Å². The van der Waals surface area contributed by atoms with Crippen LogP contribution < -0.4 is 0 Å². The highest BCUT2D eigenvalue weighted by molar-refractivity contribution is 7.10. The van der Waals surface area contributed by atoms with E-state index >= 15 is 0 Å². The summed E-state index contributed by atoms with van der Waals surface area (Å²) < 4.78 is 2.05. The number of aromatic nitrogens is 2. The van der Waals surface area contributed by atoms with Crippen LogP contribution >= 0.6 is 11.3 Å². The molecule has 0 saturated heterocycles. The normalized spacial score (nSPS) is 13.8. The van der Waals surface area contributed by atoms with Crippen molar-refractivity contribution in [2.24, 2.45) is 5.41 Å². The van der Waals surface area contributed by atoms with E-state index in [1.54, 1.807) is 17.5 Å². The highest BCUT2D eigenvalue weighted by Gasteiger charge is 2.18. The molecule has 2 heterocycles. The number of aryl methyl sites for hydroxylation is 1. The van der Waals surface area contributed by atoms with Crippen LogP contribution in [0.2, 0.25) is 0 Å². The molecule has 0 bridgehead atoms. The second-order valence-corrected chi connectivity index (χ2v) is 6.69. The van der Waals surface area contributed by atoms with Gasteiger partial charge >= 0.3 is 0 Å². The Hall–Kier alpha value is -1.13. The van der Waals surface area contributed by atoms with E-state index in [4.69, 9.17) is 0 Å². The number of nitrogens with zero attached hydrogens (tertiary/aromatic N) is 2. The van der Waals surface area contributed by atoms with Crippen LogP contribution in [0, 0.1) is 5.41 Å². The molecule has 0 aliphatic carbocycles. The van der Waals surface area contributed by atoms with Gasteiger partial charge in [-0.2, -0.15) is 0 Å². The second kappa shape index (κ2) is 5.24. The van der Waals surface area contributed by atoms with E-state index < -0.39 is 6.10 Å². The molecular formula is C14H20N2OS. The monoisotopic (exact) mass is 264 g/mol. The van der Waals surface area contributed by atoms with Crippen molar-refractivity contribution in [1.29, 1.82) is 0 Å². The lowest BCUT2D eigenvalue weighted by Gasteiger charge is -2.20. The quantitative estimate of drug-likeness (QED) is 0.918. The summed E-state index contributed by atoms with van der Waals surface area (Å²) in [5, 5.41) is 12.3. The molecule has 0 fully saturated rings. The number of hydrogen-bond donors (Lipinski definition) is 1. The summed E-state index contributed by atoms with van der Waals surface area (Å²) in [6.07, 6.45) is 4.15. The van der Waals surface area contributed by atoms with Crippen molar-refractivity contribution in [3.05, 3.63) is 40.6 Å². The van der Waals surface area contributed by atoms with Crippen molar-refractivity contribution < 1.29 is 5.11 Å². The highest BCUT2D eigenvalue weighted by Crippen LogP contribution is 2.26. The molecule has 0 amide bonds. The number of aliphatic hydroxyl groups is 1. The molecule has 0 saturated carbocycles. The summed E-state index contributed by atoms with van der Waals surface area (Å²) in [7, 11) is 0. The van der Waals surface area contributed by atoms with Gasteiger partial charge in [-0.1, -0.05) is 26.8 Å². The minimum absolute atomic E-state index is 0.287. The van der Waals surface area contributed by atoms with E-state index in [0.29, 0.717) is 0 Å². The predicted octanol–water partition coefficient (Wildman–Crippen LogP) is 3.46. The molecular weight excluding hydrogens is 244 g/mol. The lowest BCUT2D eigenvalue weighted by molar-refractivity contribution is 0.205. The Bertz CT molecular complexity index is 482. The summed E-state index contributed by atoms with van der Waals surface area (Å²) in [6.45, 7) is 7.55. The topological polar surface area (TPSA) is 38.0 Å². The molecule has 4 heteroatoms.